The average Bonchev–Trinajstić information content (AvgIpc) is 2.47. The van der Waals surface area contributed by atoms with Crippen LogP contribution in [-0.4, -0.2) is 17.8 Å². The van der Waals surface area contributed by atoms with E-state index in [1.165, 1.54) is 5.56 Å². The van der Waals surface area contributed by atoms with Crippen LogP contribution in [0.15, 0.2) is 30.3 Å². The lowest BCUT2D eigenvalue weighted by Gasteiger charge is -2.65. The van der Waals surface area contributed by atoms with E-state index in [0.717, 1.165) is 25.7 Å². The van der Waals surface area contributed by atoms with Crippen LogP contribution in [0.5, 0.6) is 0 Å². The van der Waals surface area contributed by atoms with E-state index in [2.05, 4.69) is 12.1 Å². The lowest BCUT2D eigenvalue weighted by atomic mass is 9.38. The number of carboxylic acid groups (broad SMARTS) is 1. The van der Waals surface area contributed by atoms with Crippen LogP contribution in [0.3, 0.4) is 0 Å². The predicted octanol–water partition coefficient (Wildman–Crippen LogP) is 3.95. The Hall–Kier alpha value is -1.38. The summed E-state index contributed by atoms with van der Waals surface area (Å²) in [5, 5.41) is 9.83. The molecule has 0 radical (unpaired) electrons. The van der Waals surface area contributed by atoms with E-state index in [0.29, 0.717) is 18.8 Å². The van der Waals surface area contributed by atoms with Crippen molar-refractivity contribution < 1.29 is 14.3 Å². The van der Waals surface area contributed by atoms with E-state index < -0.39 is 16.8 Å². The molecule has 2 unspecified atom stereocenters. The second kappa shape index (κ2) is 4.08. The molecule has 0 aliphatic heterocycles. The molecule has 0 spiro atoms. The van der Waals surface area contributed by atoms with Gasteiger partial charge in [0.2, 0.25) is 0 Å². The molecule has 4 bridgehead atoms. The molecule has 4 aliphatic rings. The maximum absolute atomic E-state index is 13.9. The molecular formula is C18H21FO2. The van der Waals surface area contributed by atoms with Crippen LogP contribution in [-0.2, 0) is 10.2 Å². The SMILES string of the molecule is O=C(O)C12CC3C[C@](CF)(C1)C[C@@](c1ccccc1)(C3)C2. The molecule has 21 heavy (non-hydrogen) atoms. The molecule has 0 heterocycles. The van der Waals surface area contributed by atoms with Crippen LogP contribution in [0.25, 0.3) is 0 Å². The minimum Gasteiger partial charge on any atom is -0.481 e. The summed E-state index contributed by atoms with van der Waals surface area (Å²) in [6, 6.07) is 10.2. The molecule has 2 nitrogen and oxygen atoms in total. The lowest BCUT2D eigenvalue weighted by Crippen LogP contribution is -2.61. The third-order valence-corrected chi connectivity index (χ3v) is 6.31. The van der Waals surface area contributed by atoms with Crippen molar-refractivity contribution in [1.82, 2.24) is 0 Å². The number of rotatable bonds is 3. The van der Waals surface area contributed by atoms with Crippen LogP contribution >= 0.6 is 0 Å². The molecule has 0 aromatic heterocycles. The molecule has 5 rings (SSSR count). The largest absolute Gasteiger partial charge is 0.481 e. The quantitative estimate of drug-likeness (QED) is 0.914. The monoisotopic (exact) mass is 288 g/mol. The molecule has 1 N–H and O–H groups in total. The first-order valence-electron chi connectivity index (χ1n) is 7.87. The summed E-state index contributed by atoms with van der Waals surface area (Å²) in [6.45, 7) is -0.368. The minimum atomic E-state index is -0.704. The van der Waals surface area contributed by atoms with Crippen molar-refractivity contribution in [1.29, 1.82) is 0 Å². The van der Waals surface area contributed by atoms with Gasteiger partial charge in [-0.05, 0) is 55.4 Å². The molecule has 4 fully saturated rings. The summed E-state index contributed by atoms with van der Waals surface area (Å²) < 4.78 is 13.9. The Labute approximate surface area is 124 Å². The van der Waals surface area contributed by atoms with Crippen molar-refractivity contribution >= 4 is 5.97 Å². The number of carbonyl (C=O) groups is 1. The summed E-state index contributed by atoms with van der Waals surface area (Å²) in [5.41, 5.74) is 0.0118. The zero-order valence-corrected chi connectivity index (χ0v) is 12.1. The Bertz CT molecular complexity index is 586. The van der Waals surface area contributed by atoms with Crippen molar-refractivity contribution in [2.24, 2.45) is 16.7 Å². The molecule has 0 amide bonds. The van der Waals surface area contributed by atoms with Gasteiger partial charge in [-0.2, -0.15) is 0 Å². The molecule has 4 saturated carbocycles. The van der Waals surface area contributed by atoms with E-state index in [1.54, 1.807) is 0 Å². The van der Waals surface area contributed by atoms with Crippen molar-refractivity contribution in [2.45, 2.75) is 43.9 Å². The van der Waals surface area contributed by atoms with Gasteiger partial charge in [0, 0.05) is 5.41 Å². The van der Waals surface area contributed by atoms with Gasteiger partial charge in [0.1, 0.15) is 0 Å². The van der Waals surface area contributed by atoms with Crippen molar-refractivity contribution in [2.75, 3.05) is 6.67 Å². The third-order valence-electron chi connectivity index (χ3n) is 6.31. The molecule has 1 aromatic carbocycles. The number of alkyl halides is 1. The second-order valence-corrected chi connectivity index (χ2v) is 7.87. The van der Waals surface area contributed by atoms with Gasteiger partial charge >= 0.3 is 5.97 Å². The molecular weight excluding hydrogens is 267 g/mol. The first kappa shape index (κ1) is 13.3. The summed E-state index contributed by atoms with van der Waals surface area (Å²) >= 11 is 0. The predicted molar refractivity (Wildman–Crippen MR) is 77.8 cm³/mol. The van der Waals surface area contributed by atoms with Gasteiger partial charge in [-0.1, -0.05) is 30.3 Å². The first-order valence-corrected chi connectivity index (χ1v) is 7.87. The maximum atomic E-state index is 13.9. The van der Waals surface area contributed by atoms with Gasteiger partial charge in [-0.25, -0.2) is 0 Å². The van der Waals surface area contributed by atoms with Crippen molar-refractivity contribution in [3.63, 3.8) is 0 Å². The molecule has 3 heteroatoms. The van der Waals surface area contributed by atoms with E-state index >= 15 is 0 Å². The van der Waals surface area contributed by atoms with Gasteiger partial charge in [0.15, 0.2) is 0 Å². The van der Waals surface area contributed by atoms with Gasteiger partial charge in [0.05, 0.1) is 12.1 Å². The smallest absolute Gasteiger partial charge is 0.309 e. The highest BCUT2D eigenvalue weighted by Crippen LogP contribution is 2.70. The second-order valence-electron chi connectivity index (χ2n) is 7.87. The summed E-state index contributed by atoms with van der Waals surface area (Å²) in [7, 11) is 0. The minimum absolute atomic E-state index is 0.120. The van der Waals surface area contributed by atoms with Gasteiger partial charge in [0.25, 0.3) is 0 Å². The Morgan fingerprint density at radius 2 is 1.90 bits per heavy atom. The van der Waals surface area contributed by atoms with Crippen molar-refractivity contribution in [3.8, 4) is 0 Å². The standard InChI is InChI=1S/C18H21FO2/c19-12-16-6-13-7-17(9-16,14-4-2-1-3-5-14)11-18(8-13,10-16)15(20)21/h1-5,13H,6-12H2,(H,20,21)/t13?,16-,17+,18?/m1/s1. The van der Waals surface area contributed by atoms with Crippen LogP contribution in [0.4, 0.5) is 4.39 Å². The number of carboxylic acids is 1. The summed E-state index contributed by atoms with van der Waals surface area (Å²) in [4.78, 5) is 12.0. The van der Waals surface area contributed by atoms with Crippen LogP contribution in [0.1, 0.15) is 44.1 Å². The van der Waals surface area contributed by atoms with E-state index in [-0.39, 0.29) is 12.1 Å². The van der Waals surface area contributed by atoms with Gasteiger partial charge in [-0.15, -0.1) is 0 Å². The molecule has 112 valence electrons. The van der Waals surface area contributed by atoms with Gasteiger partial charge < -0.3 is 5.11 Å². The van der Waals surface area contributed by atoms with E-state index in [9.17, 15) is 14.3 Å². The van der Waals surface area contributed by atoms with Crippen LogP contribution < -0.4 is 0 Å². The summed E-state index contributed by atoms with van der Waals surface area (Å²) in [6.07, 6.45) is 4.72. The number of aliphatic carboxylic acids is 1. The number of hydrogen-bond acceptors (Lipinski definition) is 1. The molecule has 4 atom stereocenters. The number of halogens is 1. The number of benzene rings is 1. The molecule has 4 aliphatic carbocycles. The zero-order chi connectivity index (χ0) is 14.7. The highest BCUT2D eigenvalue weighted by atomic mass is 19.1. The van der Waals surface area contributed by atoms with Gasteiger partial charge in [-0.3, -0.25) is 9.18 Å². The average molecular weight is 288 g/mol. The fourth-order valence-corrected chi connectivity index (χ4v) is 6.14. The summed E-state index contributed by atoms with van der Waals surface area (Å²) in [5.74, 6) is -0.335. The Kier molecular flexibility index (Phi) is 2.59. The Morgan fingerprint density at radius 1 is 1.14 bits per heavy atom. The van der Waals surface area contributed by atoms with Crippen molar-refractivity contribution in [3.05, 3.63) is 35.9 Å². The maximum Gasteiger partial charge on any atom is 0.309 e. The Balaban J connectivity index is 1.85. The number of hydrogen-bond donors (Lipinski definition) is 1. The highest BCUT2D eigenvalue weighted by molar-refractivity contribution is 5.76. The zero-order valence-electron chi connectivity index (χ0n) is 12.1. The fraction of sp³-hybridized carbons (Fsp3) is 0.611. The topological polar surface area (TPSA) is 37.3 Å². The Morgan fingerprint density at radius 3 is 2.57 bits per heavy atom. The molecule has 1 aromatic rings. The van der Waals surface area contributed by atoms with E-state index in [1.807, 2.05) is 18.2 Å². The first-order chi connectivity index (χ1) is 10.0. The fourth-order valence-electron chi connectivity index (χ4n) is 6.14. The van der Waals surface area contributed by atoms with E-state index in [4.69, 9.17) is 0 Å². The molecule has 0 saturated heterocycles. The normalized spacial score (nSPS) is 44.0. The van der Waals surface area contributed by atoms with Crippen LogP contribution in [0.2, 0.25) is 0 Å². The lowest BCUT2D eigenvalue weighted by molar-refractivity contribution is -0.181. The third kappa shape index (κ3) is 1.72. The van der Waals surface area contributed by atoms with Crippen LogP contribution in [0, 0.1) is 16.7 Å². The highest BCUT2D eigenvalue weighted by Gasteiger charge is 2.66.